The Morgan fingerprint density at radius 1 is 1.00 bits per heavy atom. The van der Waals surface area contributed by atoms with Crippen LogP contribution in [-0.4, -0.2) is 35.2 Å². The van der Waals surface area contributed by atoms with Crippen molar-refractivity contribution in [2.24, 2.45) is 0 Å². The van der Waals surface area contributed by atoms with Gasteiger partial charge in [-0.15, -0.1) is 0 Å². The molecule has 1 unspecified atom stereocenters. The molecule has 1 rings (SSSR count). The van der Waals surface area contributed by atoms with E-state index in [1.165, 1.54) is 13.0 Å². The van der Waals surface area contributed by atoms with E-state index in [1.807, 2.05) is 13.8 Å². The summed E-state index contributed by atoms with van der Waals surface area (Å²) in [5.74, 6) is 0. The zero-order valence-electron chi connectivity index (χ0n) is 12.6. The molecule has 0 amide bonds. The predicted octanol–water partition coefficient (Wildman–Crippen LogP) is 3.70. The molecule has 1 aliphatic rings. The average Bonchev–Trinajstić information content (AvgIpc) is 2.52. The van der Waals surface area contributed by atoms with Gasteiger partial charge in [0.15, 0.2) is 0 Å². The second-order valence-corrected chi connectivity index (χ2v) is 6.26. The SMILES string of the molecule is CC.CC(C)(C)OC1CCN(C(C)(C)C)C1. The summed E-state index contributed by atoms with van der Waals surface area (Å²) in [6, 6.07) is 0. The van der Waals surface area contributed by atoms with E-state index in [4.69, 9.17) is 4.74 Å². The lowest BCUT2D eigenvalue weighted by Crippen LogP contribution is -2.40. The largest absolute Gasteiger partial charge is 0.371 e. The van der Waals surface area contributed by atoms with E-state index in [9.17, 15) is 0 Å². The summed E-state index contributed by atoms with van der Waals surface area (Å²) < 4.78 is 5.98. The van der Waals surface area contributed by atoms with Crippen LogP contribution in [0.1, 0.15) is 61.8 Å². The third-order valence-electron chi connectivity index (χ3n) is 2.61. The first-order valence-corrected chi connectivity index (χ1v) is 6.61. The summed E-state index contributed by atoms with van der Waals surface area (Å²) in [6.45, 7) is 19.5. The van der Waals surface area contributed by atoms with Crippen molar-refractivity contribution in [3.05, 3.63) is 0 Å². The Labute approximate surface area is 102 Å². The van der Waals surface area contributed by atoms with E-state index < -0.39 is 0 Å². The summed E-state index contributed by atoms with van der Waals surface area (Å²) in [5.41, 5.74) is 0.286. The van der Waals surface area contributed by atoms with Crippen LogP contribution in [0.25, 0.3) is 0 Å². The fourth-order valence-electron chi connectivity index (χ4n) is 1.93. The number of nitrogens with zero attached hydrogens (tertiary/aromatic N) is 1. The first-order valence-electron chi connectivity index (χ1n) is 6.61. The lowest BCUT2D eigenvalue weighted by molar-refractivity contribution is -0.0567. The molecule has 0 aromatic heterocycles. The van der Waals surface area contributed by atoms with Crippen molar-refractivity contribution in [2.75, 3.05) is 13.1 Å². The van der Waals surface area contributed by atoms with Gasteiger partial charge in [-0.1, -0.05) is 13.8 Å². The van der Waals surface area contributed by atoms with Crippen LogP contribution in [0.3, 0.4) is 0 Å². The van der Waals surface area contributed by atoms with Crippen molar-refractivity contribution in [2.45, 2.75) is 79.1 Å². The van der Waals surface area contributed by atoms with Crippen LogP contribution in [0.4, 0.5) is 0 Å². The molecule has 1 atom stereocenters. The second kappa shape index (κ2) is 6.02. The number of rotatable bonds is 1. The summed E-state index contributed by atoms with van der Waals surface area (Å²) in [7, 11) is 0. The molecule has 1 heterocycles. The van der Waals surface area contributed by atoms with Crippen molar-refractivity contribution < 1.29 is 4.74 Å². The molecule has 0 N–H and O–H groups in total. The first kappa shape index (κ1) is 15.9. The number of hydrogen-bond acceptors (Lipinski definition) is 2. The van der Waals surface area contributed by atoms with Crippen LogP contribution in [0.2, 0.25) is 0 Å². The molecule has 1 aliphatic heterocycles. The molecule has 1 saturated heterocycles. The molecule has 0 bridgehead atoms. The van der Waals surface area contributed by atoms with Crippen LogP contribution in [0, 0.1) is 0 Å². The molecule has 0 aromatic carbocycles. The van der Waals surface area contributed by atoms with E-state index in [0.717, 1.165) is 6.54 Å². The summed E-state index contributed by atoms with van der Waals surface area (Å²) in [6.07, 6.45) is 1.60. The standard InChI is InChI=1S/C12H25NO.C2H6/c1-11(2,3)13-8-7-10(9-13)14-12(4,5)6;1-2/h10H,7-9H2,1-6H3;1-2H3. The topological polar surface area (TPSA) is 12.5 Å². The van der Waals surface area contributed by atoms with Gasteiger partial charge in [-0.3, -0.25) is 4.90 Å². The van der Waals surface area contributed by atoms with E-state index in [1.54, 1.807) is 0 Å². The zero-order chi connectivity index (χ0) is 13.0. The van der Waals surface area contributed by atoms with Crippen molar-refractivity contribution >= 4 is 0 Å². The minimum absolute atomic E-state index is 0.00143. The average molecular weight is 229 g/mol. The highest BCUT2D eigenvalue weighted by molar-refractivity contribution is 4.86. The second-order valence-electron chi connectivity index (χ2n) is 6.26. The molecule has 0 aliphatic carbocycles. The van der Waals surface area contributed by atoms with Gasteiger partial charge in [0, 0.05) is 18.6 Å². The molecule has 2 nitrogen and oxygen atoms in total. The van der Waals surface area contributed by atoms with Crippen molar-refractivity contribution in [3.8, 4) is 0 Å². The van der Waals surface area contributed by atoms with Crippen LogP contribution >= 0.6 is 0 Å². The van der Waals surface area contributed by atoms with Crippen LogP contribution < -0.4 is 0 Å². The Balaban J connectivity index is 0.00000106. The molecule has 98 valence electrons. The Kier molecular flexibility index (Phi) is 5.99. The molecular weight excluding hydrogens is 198 g/mol. The molecule has 1 fully saturated rings. The minimum atomic E-state index is -0.00143. The number of hydrogen-bond donors (Lipinski definition) is 0. The maximum Gasteiger partial charge on any atom is 0.0721 e. The molecule has 0 spiro atoms. The monoisotopic (exact) mass is 229 g/mol. The Bertz CT molecular complexity index is 188. The lowest BCUT2D eigenvalue weighted by atomic mass is 10.1. The van der Waals surface area contributed by atoms with E-state index >= 15 is 0 Å². The highest BCUT2D eigenvalue weighted by atomic mass is 16.5. The van der Waals surface area contributed by atoms with Gasteiger partial charge in [0.2, 0.25) is 0 Å². The van der Waals surface area contributed by atoms with Crippen LogP contribution in [0.15, 0.2) is 0 Å². The van der Waals surface area contributed by atoms with Gasteiger partial charge >= 0.3 is 0 Å². The normalized spacial score (nSPS) is 22.9. The number of ether oxygens (including phenoxy) is 1. The summed E-state index contributed by atoms with van der Waals surface area (Å²) >= 11 is 0. The Morgan fingerprint density at radius 3 is 1.81 bits per heavy atom. The van der Waals surface area contributed by atoms with Crippen molar-refractivity contribution in [1.82, 2.24) is 4.90 Å². The molecule has 0 saturated carbocycles. The third-order valence-corrected chi connectivity index (χ3v) is 2.61. The molecule has 0 aromatic rings. The van der Waals surface area contributed by atoms with Gasteiger partial charge in [0.1, 0.15) is 0 Å². The molecule has 16 heavy (non-hydrogen) atoms. The van der Waals surface area contributed by atoms with E-state index in [2.05, 4.69) is 46.4 Å². The van der Waals surface area contributed by atoms with Crippen LogP contribution in [-0.2, 0) is 4.74 Å². The molecular formula is C14H31NO. The van der Waals surface area contributed by atoms with Gasteiger partial charge in [-0.05, 0) is 48.0 Å². The Morgan fingerprint density at radius 2 is 1.50 bits per heavy atom. The fraction of sp³-hybridized carbons (Fsp3) is 1.00. The summed E-state index contributed by atoms with van der Waals surface area (Å²) in [5, 5.41) is 0. The van der Waals surface area contributed by atoms with Gasteiger partial charge in [0.05, 0.1) is 11.7 Å². The quantitative estimate of drug-likeness (QED) is 0.680. The third kappa shape index (κ3) is 5.86. The predicted molar refractivity (Wildman–Crippen MR) is 71.9 cm³/mol. The van der Waals surface area contributed by atoms with Crippen molar-refractivity contribution in [3.63, 3.8) is 0 Å². The maximum atomic E-state index is 5.98. The number of likely N-dealkylation sites (tertiary alicyclic amines) is 1. The Hall–Kier alpha value is -0.0800. The van der Waals surface area contributed by atoms with Crippen LogP contribution in [0.5, 0.6) is 0 Å². The van der Waals surface area contributed by atoms with Gasteiger partial charge < -0.3 is 4.74 Å². The smallest absolute Gasteiger partial charge is 0.0721 e. The minimum Gasteiger partial charge on any atom is -0.371 e. The van der Waals surface area contributed by atoms with Gasteiger partial charge in [-0.25, -0.2) is 0 Å². The van der Waals surface area contributed by atoms with Gasteiger partial charge in [0.25, 0.3) is 0 Å². The fourth-order valence-corrected chi connectivity index (χ4v) is 1.93. The summed E-state index contributed by atoms with van der Waals surface area (Å²) in [4.78, 5) is 2.50. The van der Waals surface area contributed by atoms with E-state index in [0.29, 0.717) is 6.10 Å². The highest BCUT2D eigenvalue weighted by Crippen LogP contribution is 2.24. The first-order chi connectivity index (χ1) is 7.18. The van der Waals surface area contributed by atoms with E-state index in [-0.39, 0.29) is 11.1 Å². The molecule has 2 heteroatoms. The van der Waals surface area contributed by atoms with Gasteiger partial charge in [-0.2, -0.15) is 0 Å². The highest BCUT2D eigenvalue weighted by Gasteiger charge is 2.32. The maximum absolute atomic E-state index is 5.98. The zero-order valence-corrected chi connectivity index (χ0v) is 12.6. The lowest BCUT2D eigenvalue weighted by Gasteiger charge is -2.32. The molecule has 0 radical (unpaired) electrons. The van der Waals surface area contributed by atoms with Crippen molar-refractivity contribution in [1.29, 1.82) is 0 Å².